The van der Waals surface area contributed by atoms with Crippen LogP contribution in [-0.2, 0) is 10.2 Å². The molecule has 0 amide bonds. The Kier molecular flexibility index (Phi) is 3.93. The lowest BCUT2D eigenvalue weighted by Crippen LogP contribution is -2.59. The van der Waals surface area contributed by atoms with Crippen molar-refractivity contribution in [3.8, 4) is 0 Å². The Morgan fingerprint density at radius 2 is 1.93 bits per heavy atom. The number of hydrogen-bond donors (Lipinski definition) is 1. The first-order valence-electron chi connectivity index (χ1n) is 4.63. The smallest absolute Gasteiger partial charge is 0.0583 e. The molecule has 0 radical (unpaired) electrons. The number of rotatable bonds is 3. The largest absolute Gasteiger partial charge is 0.384 e. The molecule has 0 bridgehead atoms. The first-order valence-corrected chi connectivity index (χ1v) is 4.63. The van der Waals surface area contributed by atoms with Crippen LogP contribution in [0.25, 0.3) is 0 Å². The van der Waals surface area contributed by atoms with Crippen molar-refractivity contribution >= 4 is 12.4 Å². The van der Waals surface area contributed by atoms with Gasteiger partial charge in [0.1, 0.15) is 0 Å². The second-order valence-corrected chi connectivity index (χ2v) is 3.68. The van der Waals surface area contributed by atoms with Crippen LogP contribution in [-0.4, -0.2) is 26.8 Å². The average Bonchev–Trinajstić information content (AvgIpc) is 2.13. The maximum absolute atomic E-state index is 5.26. The fourth-order valence-electron chi connectivity index (χ4n) is 1.88. The summed E-state index contributed by atoms with van der Waals surface area (Å²) in [5.41, 5.74) is 1.62. The molecule has 0 aromatic heterocycles. The van der Waals surface area contributed by atoms with Gasteiger partial charge in [-0.2, -0.15) is 0 Å². The Morgan fingerprint density at radius 1 is 1.29 bits per heavy atom. The summed E-state index contributed by atoms with van der Waals surface area (Å²) in [5, 5.41) is 3.31. The molecule has 1 heterocycles. The summed E-state index contributed by atoms with van der Waals surface area (Å²) < 4.78 is 5.26. The molecule has 78 valence electrons. The van der Waals surface area contributed by atoms with Crippen molar-refractivity contribution in [1.82, 2.24) is 5.32 Å². The van der Waals surface area contributed by atoms with Crippen LogP contribution >= 0.6 is 12.4 Å². The van der Waals surface area contributed by atoms with Crippen molar-refractivity contribution < 1.29 is 4.74 Å². The minimum absolute atomic E-state index is 0. The second-order valence-electron chi connectivity index (χ2n) is 3.68. The van der Waals surface area contributed by atoms with Gasteiger partial charge in [-0.25, -0.2) is 0 Å². The molecule has 3 heteroatoms. The highest BCUT2D eigenvalue weighted by Gasteiger charge is 2.38. The predicted molar refractivity (Wildman–Crippen MR) is 60.1 cm³/mol. The molecule has 2 rings (SSSR count). The van der Waals surface area contributed by atoms with Gasteiger partial charge in [0.25, 0.3) is 0 Å². The van der Waals surface area contributed by atoms with E-state index < -0.39 is 0 Å². The number of benzene rings is 1. The number of nitrogens with one attached hydrogen (secondary N) is 1. The minimum atomic E-state index is 0. The monoisotopic (exact) mass is 213 g/mol. The SMILES string of the molecule is COCC1(c2ccccc2)CNC1.Cl. The van der Waals surface area contributed by atoms with Gasteiger partial charge in [-0.15, -0.1) is 12.4 Å². The molecule has 1 aromatic rings. The van der Waals surface area contributed by atoms with E-state index in [0.29, 0.717) is 0 Å². The Hall–Kier alpha value is -0.570. The van der Waals surface area contributed by atoms with E-state index in [-0.39, 0.29) is 17.8 Å². The number of methoxy groups -OCH3 is 1. The number of ether oxygens (including phenoxy) is 1. The lowest BCUT2D eigenvalue weighted by atomic mass is 9.76. The first-order chi connectivity index (χ1) is 6.37. The Balaban J connectivity index is 0.000000980. The Bertz CT molecular complexity index is 272. The molecule has 0 aliphatic carbocycles. The summed E-state index contributed by atoms with van der Waals surface area (Å²) >= 11 is 0. The summed E-state index contributed by atoms with van der Waals surface area (Å²) in [6.07, 6.45) is 0. The third-order valence-electron chi connectivity index (χ3n) is 2.73. The predicted octanol–water partition coefficient (Wildman–Crippen LogP) is 1.60. The number of hydrogen-bond acceptors (Lipinski definition) is 2. The van der Waals surface area contributed by atoms with Crippen LogP contribution in [0.2, 0.25) is 0 Å². The molecule has 1 N–H and O–H groups in total. The van der Waals surface area contributed by atoms with E-state index in [1.807, 2.05) is 0 Å². The lowest BCUT2D eigenvalue weighted by molar-refractivity contribution is 0.0947. The van der Waals surface area contributed by atoms with Crippen LogP contribution in [0, 0.1) is 0 Å². The molecule has 1 aromatic carbocycles. The molecule has 0 spiro atoms. The van der Waals surface area contributed by atoms with Crippen LogP contribution in [0.3, 0.4) is 0 Å². The zero-order valence-electron chi connectivity index (χ0n) is 8.32. The Morgan fingerprint density at radius 3 is 2.36 bits per heavy atom. The lowest BCUT2D eigenvalue weighted by Gasteiger charge is -2.42. The zero-order chi connectivity index (χ0) is 9.15. The molecule has 1 aliphatic rings. The zero-order valence-corrected chi connectivity index (χ0v) is 9.14. The van der Waals surface area contributed by atoms with E-state index in [9.17, 15) is 0 Å². The van der Waals surface area contributed by atoms with Crippen molar-refractivity contribution in [1.29, 1.82) is 0 Å². The highest BCUT2D eigenvalue weighted by atomic mass is 35.5. The molecular formula is C11H16ClNO. The Labute approximate surface area is 91.1 Å². The second kappa shape index (κ2) is 4.78. The highest BCUT2D eigenvalue weighted by Crippen LogP contribution is 2.28. The molecule has 0 atom stereocenters. The van der Waals surface area contributed by atoms with Crippen molar-refractivity contribution in [2.24, 2.45) is 0 Å². The third kappa shape index (κ3) is 1.92. The van der Waals surface area contributed by atoms with Gasteiger partial charge in [-0.3, -0.25) is 0 Å². The van der Waals surface area contributed by atoms with Crippen molar-refractivity contribution in [2.45, 2.75) is 5.41 Å². The molecule has 2 nitrogen and oxygen atoms in total. The van der Waals surface area contributed by atoms with E-state index in [0.717, 1.165) is 19.7 Å². The van der Waals surface area contributed by atoms with E-state index in [2.05, 4.69) is 35.6 Å². The topological polar surface area (TPSA) is 21.3 Å². The molecule has 1 fully saturated rings. The maximum Gasteiger partial charge on any atom is 0.0583 e. The third-order valence-corrected chi connectivity index (χ3v) is 2.73. The fraction of sp³-hybridized carbons (Fsp3) is 0.455. The first kappa shape index (κ1) is 11.5. The van der Waals surface area contributed by atoms with E-state index >= 15 is 0 Å². The van der Waals surface area contributed by atoms with Crippen LogP contribution in [0.4, 0.5) is 0 Å². The molecule has 1 aliphatic heterocycles. The summed E-state index contributed by atoms with van der Waals surface area (Å²) in [7, 11) is 1.77. The van der Waals surface area contributed by atoms with Gasteiger partial charge in [0.15, 0.2) is 0 Å². The van der Waals surface area contributed by atoms with Gasteiger partial charge >= 0.3 is 0 Å². The van der Waals surface area contributed by atoms with Gasteiger partial charge in [0.05, 0.1) is 6.61 Å². The maximum atomic E-state index is 5.26. The van der Waals surface area contributed by atoms with E-state index in [1.165, 1.54) is 5.56 Å². The normalized spacial score (nSPS) is 18.1. The quantitative estimate of drug-likeness (QED) is 0.824. The van der Waals surface area contributed by atoms with Gasteiger partial charge < -0.3 is 10.1 Å². The van der Waals surface area contributed by atoms with Crippen LogP contribution in [0.15, 0.2) is 30.3 Å². The van der Waals surface area contributed by atoms with Crippen LogP contribution < -0.4 is 5.32 Å². The number of halogens is 1. The highest BCUT2D eigenvalue weighted by molar-refractivity contribution is 5.85. The van der Waals surface area contributed by atoms with Gasteiger partial charge in [-0.05, 0) is 5.56 Å². The summed E-state index contributed by atoms with van der Waals surface area (Å²) in [6.45, 7) is 2.87. The minimum Gasteiger partial charge on any atom is -0.384 e. The van der Waals surface area contributed by atoms with Crippen molar-refractivity contribution in [2.75, 3.05) is 26.8 Å². The fourth-order valence-corrected chi connectivity index (χ4v) is 1.88. The summed E-state index contributed by atoms with van der Waals surface area (Å²) in [4.78, 5) is 0. The molecular weight excluding hydrogens is 198 g/mol. The van der Waals surface area contributed by atoms with Gasteiger partial charge in [0.2, 0.25) is 0 Å². The van der Waals surface area contributed by atoms with Crippen LogP contribution in [0.1, 0.15) is 5.56 Å². The van der Waals surface area contributed by atoms with Crippen molar-refractivity contribution in [3.63, 3.8) is 0 Å². The van der Waals surface area contributed by atoms with E-state index in [1.54, 1.807) is 7.11 Å². The van der Waals surface area contributed by atoms with Gasteiger partial charge in [0, 0.05) is 25.6 Å². The molecule has 1 saturated heterocycles. The molecule has 0 saturated carbocycles. The summed E-state index contributed by atoms with van der Waals surface area (Å²) in [5.74, 6) is 0. The molecule has 14 heavy (non-hydrogen) atoms. The van der Waals surface area contributed by atoms with Crippen LogP contribution in [0.5, 0.6) is 0 Å². The molecule has 0 unspecified atom stereocenters. The van der Waals surface area contributed by atoms with E-state index in [4.69, 9.17) is 4.74 Å². The average molecular weight is 214 g/mol. The van der Waals surface area contributed by atoms with Gasteiger partial charge in [-0.1, -0.05) is 30.3 Å². The standard InChI is InChI=1S/C11H15NO.ClH/c1-13-9-11(7-12-8-11)10-5-3-2-4-6-10;/h2-6,12H,7-9H2,1H3;1H. The van der Waals surface area contributed by atoms with Crippen molar-refractivity contribution in [3.05, 3.63) is 35.9 Å². The summed E-state index contributed by atoms with van der Waals surface area (Å²) in [6, 6.07) is 10.6.